The summed E-state index contributed by atoms with van der Waals surface area (Å²) in [5, 5.41) is 0. The van der Waals surface area contributed by atoms with Crippen molar-refractivity contribution in [2.45, 2.75) is 30.3 Å². The second kappa shape index (κ2) is 7.24. The van der Waals surface area contributed by atoms with Crippen LogP contribution in [0.5, 0.6) is 0 Å². The van der Waals surface area contributed by atoms with Crippen LogP contribution in [-0.4, -0.2) is 39.0 Å². The summed E-state index contributed by atoms with van der Waals surface area (Å²) in [6.45, 7) is -0.0546. The molecule has 4 nitrogen and oxygen atoms in total. The van der Waals surface area contributed by atoms with Gasteiger partial charge < -0.3 is 5.73 Å². The lowest BCUT2D eigenvalue weighted by Gasteiger charge is -2.18. The Morgan fingerprint density at radius 1 is 1.19 bits per heavy atom. The van der Waals surface area contributed by atoms with Gasteiger partial charge in [-0.25, -0.2) is 12.7 Å². The lowest BCUT2D eigenvalue weighted by Crippen LogP contribution is -2.30. The molecule has 0 aliphatic carbocycles. The summed E-state index contributed by atoms with van der Waals surface area (Å²) in [5.41, 5.74) is 6.33. The Morgan fingerprint density at radius 3 is 2.24 bits per heavy atom. The Kier molecular flexibility index (Phi) is 6.18. The molecule has 0 radical (unpaired) electrons. The second-order valence-corrected chi connectivity index (χ2v) is 6.77. The third-order valence-electron chi connectivity index (χ3n) is 3.01. The highest BCUT2D eigenvalue weighted by Gasteiger charge is 2.30. The van der Waals surface area contributed by atoms with E-state index in [1.807, 2.05) is 0 Å². The molecular formula is C13H19F3N2O2S. The van der Waals surface area contributed by atoms with Crippen LogP contribution in [0.3, 0.4) is 0 Å². The molecule has 0 bridgehead atoms. The molecule has 1 rings (SSSR count). The number of alkyl halides is 3. The fourth-order valence-electron chi connectivity index (χ4n) is 1.72. The number of halogens is 3. The summed E-state index contributed by atoms with van der Waals surface area (Å²) < 4.78 is 61.4. The molecule has 0 heterocycles. The van der Waals surface area contributed by atoms with E-state index in [4.69, 9.17) is 5.73 Å². The van der Waals surface area contributed by atoms with Gasteiger partial charge in [-0.1, -0.05) is 12.1 Å². The minimum Gasteiger partial charge on any atom is -0.330 e. The van der Waals surface area contributed by atoms with Gasteiger partial charge in [0.15, 0.2) is 0 Å². The summed E-state index contributed by atoms with van der Waals surface area (Å²) in [4.78, 5) is -0.0105. The molecular weight excluding hydrogens is 305 g/mol. The van der Waals surface area contributed by atoms with Gasteiger partial charge in [0.25, 0.3) is 0 Å². The maximum absolute atomic E-state index is 12.1. The summed E-state index contributed by atoms with van der Waals surface area (Å²) in [6.07, 6.45) is -4.02. The van der Waals surface area contributed by atoms with Gasteiger partial charge in [-0.3, -0.25) is 0 Å². The number of aryl methyl sites for hydroxylation is 1. The fraction of sp³-hybridized carbons (Fsp3) is 0.538. The zero-order valence-corrected chi connectivity index (χ0v) is 12.5. The smallest absolute Gasteiger partial charge is 0.330 e. The van der Waals surface area contributed by atoms with Crippen LogP contribution in [-0.2, 0) is 16.4 Å². The number of benzene rings is 1. The van der Waals surface area contributed by atoms with Crippen LogP contribution in [0.4, 0.5) is 13.2 Å². The van der Waals surface area contributed by atoms with Gasteiger partial charge in [-0.15, -0.1) is 0 Å². The number of hydrogen-bond donors (Lipinski definition) is 1. The third-order valence-corrected chi connectivity index (χ3v) is 4.88. The quantitative estimate of drug-likeness (QED) is 0.836. The van der Waals surface area contributed by atoms with Crippen LogP contribution < -0.4 is 5.73 Å². The Morgan fingerprint density at radius 2 is 1.76 bits per heavy atom. The molecule has 1 aromatic rings. The number of nitrogens with zero attached hydrogens (tertiary/aromatic N) is 1. The van der Waals surface area contributed by atoms with Crippen LogP contribution in [0.1, 0.15) is 18.4 Å². The third kappa shape index (κ3) is 5.64. The first-order chi connectivity index (χ1) is 9.66. The highest BCUT2D eigenvalue weighted by molar-refractivity contribution is 7.89. The maximum atomic E-state index is 12.1. The molecule has 0 saturated carbocycles. The van der Waals surface area contributed by atoms with Gasteiger partial charge in [-0.05, 0) is 37.1 Å². The van der Waals surface area contributed by atoms with E-state index in [2.05, 4.69) is 0 Å². The molecule has 0 amide bonds. The molecule has 0 aliphatic rings. The van der Waals surface area contributed by atoms with Crippen molar-refractivity contribution in [3.05, 3.63) is 29.8 Å². The normalized spacial score (nSPS) is 12.9. The summed E-state index contributed by atoms with van der Waals surface area (Å²) >= 11 is 0. The van der Waals surface area contributed by atoms with Crippen LogP contribution in [0.2, 0.25) is 0 Å². The molecule has 21 heavy (non-hydrogen) atoms. The minimum absolute atomic E-state index is 0.0105. The molecule has 0 spiro atoms. The van der Waals surface area contributed by atoms with E-state index in [1.54, 1.807) is 12.1 Å². The molecule has 0 aromatic heterocycles. The largest absolute Gasteiger partial charge is 0.390 e. The van der Waals surface area contributed by atoms with Crippen molar-refractivity contribution in [3.8, 4) is 0 Å². The van der Waals surface area contributed by atoms with Crippen molar-refractivity contribution < 1.29 is 21.6 Å². The van der Waals surface area contributed by atoms with Crippen LogP contribution >= 0.6 is 0 Å². The zero-order valence-electron chi connectivity index (χ0n) is 11.7. The number of sulfonamides is 1. The maximum Gasteiger partial charge on any atom is 0.390 e. The molecule has 0 atom stereocenters. The topological polar surface area (TPSA) is 63.4 Å². The Balaban J connectivity index is 2.77. The van der Waals surface area contributed by atoms with E-state index in [0.717, 1.165) is 29.8 Å². The Labute approximate surface area is 122 Å². The molecule has 0 fully saturated rings. The number of hydrogen-bond acceptors (Lipinski definition) is 3. The Bertz CT molecular complexity index is 542. The average molecular weight is 324 g/mol. The SMILES string of the molecule is CN(CCC(F)(F)F)S(=O)(=O)c1ccc(CCCN)cc1. The van der Waals surface area contributed by atoms with Crippen LogP contribution in [0.15, 0.2) is 29.2 Å². The van der Waals surface area contributed by atoms with Crippen molar-refractivity contribution >= 4 is 10.0 Å². The molecule has 8 heteroatoms. The van der Waals surface area contributed by atoms with Crippen molar-refractivity contribution in [2.75, 3.05) is 20.1 Å². The van der Waals surface area contributed by atoms with E-state index in [1.165, 1.54) is 12.1 Å². The summed E-state index contributed by atoms with van der Waals surface area (Å²) in [5.74, 6) is 0. The van der Waals surface area contributed by atoms with E-state index < -0.39 is 29.2 Å². The monoisotopic (exact) mass is 324 g/mol. The van der Waals surface area contributed by atoms with Gasteiger partial charge in [0.2, 0.25) is 10.0 Å². The highest BCUT2D eigenvalue weighted by Crippen LogP contribution is 2.22. The second-order valence-electron chi connectivity index (χ2n) is 4.73. The van der Waals surface area contributed by atoms with Gasteiger partial charge in [0.1, 0.15) is 0 Å². The van der Waals surface area contributed by atoms with Gasteiger partial charge in [0, 0.05) is 13.6 Å². The van der Waals surface area contributed by atoms with Gasteiger partial charge in [-0.2, -0.15) is 13.2 Å². The first kappa shape index (κ1) is 17.9. The standard InChI is InChI=1S/C13H19F3N2O2S/c1-18(10-8-13(14,15)16)21(19,20)12-6-4-11(5-7-12)3-2-9-17/h4-7H,2-3,8-10,17H2,1H3. The lowest BCUT2D eigenvalue weighted by molar-refractivity contribution is -0.135. The van der Waals surface area contributed by atoms with Crippen LogP contribution in [0.25, 0.3) is 0 Å². The minimum atomic E-state index is -4.38. The Hall–Kier alpha value is -1.12. The van der Waals surface area contributed by atoms with E-state index >= 15 is 0 Å². The van der Waals surface area contributed by atoms with Crippen LogP contribution in [0, 0.1) is 0 Å². The van der Waals surface area contributed by atoms with E-state index in [0.29, 0.717) is 6.54 Å². The first-order valence-electron chi connectivity index (χ1n) is 6.49. The van der Waals surface area contributed by atoms with Crippen molar-refractivity contribution in [1.82, 2.24) is 4.31 Å². The predicted molar refractivity (Wildman–Crippen MR) is 74.3 cm³/mol. The van der Waals surface area contributed by atoms with Gasteiger partial charge >= 0.3 is 6.18 Å². The van der Waals surface area contributed by atoms with Crippen molar-refractivity contribution in [3.63, 3.8) is 0 Å². The fourth-order valence-corrected chi connectivity index (χ4v) is 2.89. The van der Waals surface area contributed by atoms with E-state index in [9.17, 15) is 21.6 Å². The molecule has 2 N–H and O–H groups in total. The zero-order chi connectivity index (χ0) is 16.1. The molecule has 0 aliphatic heterocycles. The van der Waals surface area contributed by atoms with Crippen molar-refractivity contribution in [2.24, 2.45) is 5.73 Å². The van der Waals surface area contributed by atoms with E-state index in [-0.39, 0.29) is 4.90 Å². The highest BCUT2D eigenvalue weighted by atomic mass is 32.2. The predicted octanol–water partition coefficient (Wildman–Crippen LogP) is 2.15. The molecule has 1 aromatic carbocycles. The summed E-state index contributed by atoms with van der Waals surface area (Å²) in [6, 6.07) is 6.12. The van der Waals surface area contributed by atoms with Crippen molar-refractivity contribution in [1.29, 1.82) is 0 Å². The summed E-state index contributed by atoms with van der Waals surface area (Å²) in [7, 11) is -2.75. The first-order valence-corrected chi connectivity index (χ1v) is 7.93. The molecule has 0 saturated heterocycles. The van der Waals surface area contributed by atoms with Gasteiger partial charge in [0.05, 0.1) is 11.3 Å². The number of nitrogens with two attached hydrogens (primary N) is 1. The lowest BCUT2D eigenvalue weighted by atomic mass is 10.1. The average Bonchev–Trinajstić information content (AvgIpc) is 2.42. The molecule has 120 valence electrons. The number of rotatable bonds is 7. The molecule has 0 unspecified atom stereocenters.